The molecule has 0 aliphatic carbocycles. The van der Waals surface area contributed by atoms with E-state index in [1.807, 2.05) is 11.4 Å². The highest BCUT2D eigenvalue weighted by Crippen LogP contribution is 2.34. The van der Waals surface area contributed by atoms with Gasteiger partial charge in [0.2, 0.25) is 0 Å². The SMILES string of the molecule is FC(F)(F)c1ccc(-c2cc(C3CNCCO3)cs2)cc1. The maximum Gasteiger partial charge on any atom is 0.416 e. The first kappa shape index (κ1) is 14.6. The van der Waals surface area contributed by atoms with E-state index in [4.69, 9.17) is 4.74 Å². The molecule has 1 atom stereocenters. The minimum Gasteiger partial charge on any atom is -0.371 e. The van der Waals surface area contributed by atoms with Crippen LogP contribution in [-0.2, 0) is 10.9 Å². The summed E-state index contributed by atoms with van der Waals surface area (Å²) in [5, 5.41) is 5.27. The Morgan fingerprint density at radius 1 is 1.19 bits per heavy atom. The number of halogens is 3. The monoisotopic (exact) mass is 313 g/mol. The quantitative estimate of drug-likeness (QED) is 0.901. The van der Waals surface area contributed by atoms with Crippen LogP contribution in [0.2, 0.25) is 0 Å². The van der Waals surface area contributed by atoms with Crippen LogP contribution in [0.15, 0.2) is 35.7 Å². The first-order chi connectivity index (χ1) is 10.0. The van der Waals surface area contributed by atoms with Crippen molar-refractivity contribution >= 4 is 11.3 Å². The largest absolute Gasteiger partial charge is 0.416 e. The van der Waals surface area contributed by atoms with Crippen LogP contribution >= 0.6 is 11.3 Å². The Kier molecular flexibility index (Phi) is 4.01. The lowest BCUT2D eigenvalue weighted by molar-refractivity contribution is -0.137. The van der Waals surface area contributed by atoms with Crippen molar-refractivity contribution in [2.45, 2.75) is 12.3 Å². The van der Waals surface area contributed by atoms with Gasteiger partial charge in [-0.1, -0.05) is 12.1 Å². The molecule has 2 heterocycles. The second kappa shape index (κ2) is 5.79. The lowest BCUT2D eigenvalue weighted by Crippen LogP contribution is -2.33. The zero-order valence-corrected chi connectivity index (χ0v) is 11.9. The molecule has 1 N–H and O–H groups in total. The molecule has 0 spiro atoms. The number of thiophene rings is 1. The molecule has 1 unspecified atom stereocenters. The molecule has 1 aliphatic heterocycles. The van der Waals surface area contributed by atoms with Crippen LogP contribution < -0.4 is 5.32 Å². The molecular weight excluding hydrogens is 299 g/mol. The fourth-order valence-corrected chi connectivity index (χ4v) is 3.23. The van der Waals surface area contributed by atoms with E-state index < -0.39 is 11.7 Å². The third-order valence-corrected chi connectivity index (χ3v) is 4.41. The van der Waals surface area contributed by atoms with E-state index in [-0.39, 0.29) is 6.10 Å². The average Bonchev–Trinajstić information content (AvgIpc) is 2.97. The van der Waals surface area contributed by atoms with E-state index in [0.29, 0.717) is 6.61 Å². The van der Waals surface area contributed by atoms with Gasteiger partial charge in [0, 0.05) is 18.0 Å². The fourth-order valence-electron chi connectivity index (χ4n) is 2.27. The molecule has 1 aliphatic rings. The Morgan fingerprint density at radius 2 is 1.95 bits per heavy atom. The molecule has 0 amide bonds. The van der Waals surface area contributed by atoms with Crippen LogP contribution in [0, 0.1) is 0 Å². The maximum atomic E-state index is 12.5. The number of nitrogens with one attached hydrogen (secondary N) is 1. The first-order valence-electron chi connectivity index (χ1n) is 6.62. The molecule has 3 rings (SSSR count). The summed E-state index contributed by atoms with van der Waals surface area (Å²) in [6.45, 7) is 2.30. The van der Waals surface area contributed by atoms with Crippen molar-refractivity contribution in [3.63, 3.8) is 0 Å². The molecule has 2 aromatic rings. The Balaban J connectivity index is 1.79. The molecule has 0 saturated carbocycles. The van der Waals surface area contributed by atoms with Crippen molar-refractivity contribution in [1.82, 2.24) is 5.32 Å². The maximum absolute atomic E-state index is 12.5. The van der Waals surface area contributed by atoms with Crippen LogP contribution in [0.25, 0.3) is 10.4 Å². The molecule has 0 bridgehead atoms. The van der Waals surface area contributed by atoms with Crippen LogP contribution in [0.4, 0.5) is 13.2 Å². The molecule has 1 aromatic carbocycles. The highest BCUT2D eigenvalue weighted by molar-refractivity contribution is 7.13. The predicted octanol–water partition coefficient (Wildman–Crippen LogP) is 4.09. The molecule has 1 aromatic heterocycles. The highest BCUT2D eigenvalue weighted by Gasteiger charge is 2.30. The number of morpholine rings is 1. The van der Waals surface area contributed by atoms with Crippen molar-refractivity contribution in [2.75, 3.05) is 19.7 Å². The lowest BCUT2D eigenvalue weighted by atomic mass is 10.1. The van der Waals surface area contributed by atoms with E-state index in [0.717, 1.165) is 41.2 Å². The second-order valence-corrected chi connectivity index (χ2v) is 5.79. The van der Waals surface area contributed by atoms with Gasteiger partial charge in [0.25, 0.3) is 0 Å². The third kappa shape index (κ3) is 3.28. The lowest BCUT2D eigenvalue weighted by Gasteiger charge is -2.22. The second-order valence-electron chi connectivity index (χ2n) is 4.88. The first-order valence-corrected chi connectivity index (χ1v) is 7.50. The van der Waals surface area contributed by atoms with Gasteiger partial charge in [0.1, 0.15) is 0 Å². The zero-order chi connectivity index (χ0) is 14.9. The Labute approximate surface area is 124 Å². The van der Waals surface area contributed by atoms with Crippen molar-refractivity contribution in [2.24, 2.45) is 0 Å². The molecule has 2 nitrogen and oxygen atoms in total. The third-order valence-electron chi connectivity index (χ3n) is 3.42. The summed E-state index contributed by atoms with van der Waals surface area (Å²) in [7, 11) is 0. The van der Waals surface area contributed by atoms with E-state index in [1.54, 1.807) is 0 Å². The smallest absolute Gasteiger partial charge is 0.371 e. The summed E-state index contributed by atoms with van der Waals surface area (Å²) in [4.78, 5) is 0.952. The number of rotatable bonds is 2. The highest BCUT2D eigenvalue weighted by atomic mass is 32.1. The van der Waals surface area contributed by atoms with E-state index in [2.05, 4.69) is 5.32 Å². The van der Waals surface area contributed by atoms with Crippen LogP contribution in [0.3, 0.4) is 0 Å². The van der Waals surface area contributed by atoms with Gasteiger partial charge < -0.3 is 10.1 Å². The van der Waals surface area contributed by atoms with Crippen LogP contribution in [-0.4, -0.2) is 19.7 Å². The molecule has 112 valence electrons. The van der Waals surface area contributed by atoms with Crippen molar-refractivity contribution in [1.29, 1.82) is 0 Å². The number of alkyl halides is 3. The van der Waals surface area contributed by atoms with Gasteiger partial charge >= 0.3 is 6.18 Å². The van der Waals surface area contributed by atoms with E-state index in [1.165, 1.54) is 23.5 Å². The predicted molar refractivity (Wildman–Crippen MR) is 76.3 cm³/mol. The normalized spacial score (nSPS) is 19.7. The summed E-state index contributed by atoms with van der Waals surface area (Å²) in [5.41, 5.74) is 1.24. The van der Waals surface area contributed by atoms with Crippen LogP contribution in [0.5, 0.6) is 0 Å². The average molecular weight is 313 g/mol. The van der Waals surface area contributed by atoms with Crippen molar-refractivity contribution in [3.8, 4) is 10.4 Å². The number of ether oxygens (including phenoxy) is 1. The molecular formula is C15H14F3NOS. The molecule has 1 saturated heterocycles. The van der Waals surface area contributed by atoms with Gasteiger partial charge in [-0.3, -0.25) is 0 Å². The topological polar surface area (TPSA) is 21.3 Å². The van der Waals surface area contributed by atoms with Gasteiger partial charge in [-0.05, 0) is 34.7 Å². The Bertz CT molecular complexity index is 600. The molecule has 6 heteroatoms. The van der Waals surface area contributed by atoms with Gasteiger partial charge in [-0.2, -0.15) is 13.2 Å². The molecule has 1 fully saturated rings. The number of benzene rings is 1. The summed E-state index contributed by atoms with van der Waals surface area (Å²) < 4.78 is 43.3. The van der Waals surface area contributed by atoms with E-state index in [9.17, 15) is 13.2 Å². The molecule has 21 heavy (non-hydrogen) atoms. The summed E-state index contributed by atoms with van der Waals surface area (Å²) in [6.07, 6.45) is -4.26. The van der Waals surface area contributed by atoms with Crippen molar-refractivity contribution < 1.29 is 17.9 Å². The Morgan fingerprint density at radius 3 is 2.57 bits per heavy atom. The molecule has 0 radical (unpaired) electrons. The summed E-state index contributed by atoms with van der Waals surface area (Å²) in [6, 6.07) is 7.25. The van der Waals surface area contributed by atoms with Crippen LogP contribution in [0.1, 0.15) is 17.2 Å². The summed E-state index contributed by atoms with van der Waals surface area (Å²) in [5.74, 6) is 0. The minimum atomic E-state index is -4.29. The minimum absolute atomic E-state index is 0.0261. The van der Waals surface area contributed by atoms with Gasteiger partial charge in [0.05, 0.1) is 18.3 Å². The summed E-state index contributed by atoms with van der Waals surface area (Å²) >= 11 is 1.52. The van der Waals surface area contributed by atoms with E-state index >= 15 is 0 Å². The Hall–Kier alpha value is -1.37. The number of hydrogen-bond donors (Lipinski definition) is 1. The van der Waals surface area contributed by atoms with Gasteiger partial charge in [0.15, 0.2) is 0 Å². The standard InChI is InChI=1S/C15H14F3NOS/c16-15(17,18)12-3-1-10(2-4-12)14-7-11(9-21-14)13-8-19-5-6-20-13/h1-4,7,9,13,19H,5-6,8H2. The van der Waals surface area contributed by atoms with Gasteiger partial charge in [-0.25, -0.2) is 0 Å². The number of hydrogen-bond acceptors (Lipinski definition) is 3. The fraction of sp³-hybridized carbons (Fsp3) is 0.333. The van der Waals surface area contributed by atoms with Gasteiger partial charge in [-0.15, -0.1) is 11.3 Å². The van der Waals surface area contributed by atoms with Crippen molar-refractivity contribution in [3.05, 3.63) is 46.8 Å². The zero-order valence-electron chi connectivity index (χ0n) is 11.1.